The molecule has 0 fully saturated rings. The van der Waals surface area contributed by atoms with Crippen LogP contribution in [0.2, 0.25) is 0 Å². The first-order valence-electron chi connectivity index (χ1n) is 11.0. The Hall–Kier alpha value is -1.83. The highest BCUT2D eigenvalue weighted by atomic mass is 16.1. The number of rotatable bonds is 13. The summed E-state index contributed by atoms with van der Waals surface area (Å²) in [6, 6.07) is 9.73. The molecule has 2 heteroatoms. The normalized spacial score (nSPS) is 11.6. The van der Waals surface area contributed by atoms with Crippen molar-refractivity contribution in [3.05, 3.63) is 58.4 Å². The zero-order chi connectivity index (χ0) is 19.3. The number of nitrogens with zero attached hydrogens (tertiary/aromatic N) is 1. The quantitative estimate of drug-likeness (QED) is 0.277. The summed E-state index contributed by atoms with van der Waals surface area (Å²) in [4.78, 5) is 12.3. The van der Waals surface area contributed by atoms with Gasteiger partial charge in [-0.05, 0) is 44.2 Å². The van der Waals surface area contributed by atoms with Crippen molar-refractivity contribution in [2.24, 2.45) is 7.05 Å². The van der Waals surface area contributed by atoms with Crippen molar-refractivity contribution in [3.8, 4) is 0 Å². The molecule has 2 rings (SSSR count). The summed E-state index contributed by atoms with van der Waals surface area (Å²) in [7, 11) is 2.08. The van der Waals surface area contributed by atoms with Gasteiger partial charge in [0.2, 0.25) is 0 Å². The summed E-state index contributed by atoms with van der Waals surface area (Å²) < 4.78 is 2.19. The molecule has 27 heavy (non-hydrogen) atoms. The third-order valence-corrected chi connectivity index (χ3v) is 5.45. The topological polar surface area (TPSA) is 22.0 Å². The van der Waals surface area contributed by atoms with E-state index in [2.05, 4.69) is 30.7 Å². The van der Waals surface area contributed by atoms with Crippen LogP contribution in [-0.2, 0) is 13.5 Å². The zero-order valence-electron chi connectivity index (χ0n) is 17.4. The van der Waals surface area contributed by atoms with Gasteiger partial charge in [0, 0.05) is 24.2 Å². The second-order valence-corrected chi connectivity index (χ2v) is 7.70. The molecule has 0 bridgehead atoms. The third-order valence-electron chi connectivity index (χ3n) is 5.45. The molecule has 148 valence electrons. The number of aromatic nitrogens is 1. The summed E-state index contributed by atoms with van der Waals surface area (Å²) in [5, 5.41) is 0.823. The van der Waals surface area contributed by atoms with Crippen molar-refractivity contribution < 1.29 is 0 Å². The van der Waals surface area contributed by atoms with Crippen molar-refractivity contribution in [1.29, 1.82) is 0 Å². The van der Waals surface area contributed by atoms with Gasteiger partial charge in [0.1, 0.15) is 0 Å². The highest BCUT2D eigenvalue weighted by Gasteiger charge is 2.05. The lowest BCUT2D eigenvalue weighted by Gasteiger charge is -2.12. The Morgan fingerprint density at radius 3 is 2.22 bits per heavy atom. The standard InChI is InChI=1S/C25H37NO/c1-3-4-5-6-7-8-9-10-11-12-13-14-15-18-22-21-25(27)23-19-16-17-20-24(23)26(22)2/h6-7,16-17,19-21H,3-5,8-15,18H2,1-2H3/b7-6+. The third kappa shape index (κ3) is 7.36. The molecular formula is C25H37NO. The van der Waals surface area contributed by atoms with Crippen LogP contribution in [0.3, 0.4) is 0 Å². The van der Waals surface area contributed by atoms with E-state index >= 15 is 0 Å². The highest BCUT2D eigenvalue weighted by molar-refractivity contribution is 5.79. The van der Waals surface area contributed by atoms with Crippen LogP contribution in [0.1, 0.15) is 83.2 Å². The van der Waals surface area contributed by atoms with Crippen molar-refractivity contribution in [2.75, 3.05) is 0 Å². The van der Waals surface area contributed by atoms with Crippen LogP contribution < -0.4 is 5.43 Å². The van der Waals surface area contributed by atoms with E-state index in [-0.39, 0.29) is 5.43 Å². The Bertz CT molecular complexity index is 756. The van der Waals surface area contributed by atoms with Gasteiger partial charge in [0.15, 0.2) is 5.43 Å². The van der Waals surface area contributed by atoms with E-state index in [1.165, 1.54) is 70.6 Å². The Morgan fingerprint density at radius 2 is 1.48 bits per heavy atom. The predicted octanol–water partition coefficient (Wildman–Crippen LogP) is 6.95. The van der Waals surface area contributed by atoms with Crippen LogP contribution in [0.5, 0.6) is 0 Å². The van der Waals surface area contributed by atoms with Crippen LogP contribution >= 0.6 is 0 Å². The van der Waals surface area contributed by atoms with Crippen molar-refractivity contribution >= 4 is 10.9 Å². The lowest BCUT2D eigenvalue weighted by Crippen LogP contribution is -2.11. The molecule has 0 radical (unpaired) electrons. The smallest absolute Gasteiger partial charge is 0.189 e. The van der Waals surface area contributed by atoms with Gasteiger partial charge in [0.05, 0.1) is 5.52 Å². The first-order valence-corrected chi connectivity index (χ1v) is 11.0. The molecule has 1 heterocycles. The minimum Gasteiger partial charge on any atom is -0.347 e. The van der Waals surface area contributed by atoms with E-state index in [1.807, 2.05) is 30.3 Å². The number of para-hydroxylation sites is 1. The molecule has 1 aromatic heterocycles. The fourth-order valence-corrected chi connectivity index (χ4v) is 3.70. The van der Waals surface area contributed by atoms with Crippen LogP contribution in [0.15, 0.2) is 47.3 Å². The second-order valence-electron chi connectivity index (χ2n) is 7.70. The molecule has 0 atom stereocenters. The maximum Gasteiger partial charge on any atom is 0.189 e. The Morgan fingerprint density at radius 1 is 0.852 bits per heavy atom. The van der Waals surface area contributed by atoms with E-state index in [4.69, 9.17) is 0 Å². The zero-order valence-corrected chi connectivity index (χ0v) is 17.4. The first-order chi connectivity index (χ1) is 13.2. The van der Waals surface area contributed by atoms with Crippen molar-refractivity contribution in [2.45, 2.75) is 84.0 Å². The maximum atomic E-state index is 12.3. The summed E-state index contributed by atoms with van der Waals surface area (Å²) in [6.07, 6.45) is 20.0. The van der Waals surface area contributed by atoms with E-state index in [1.54, 1.807) is 0 Å². The van der Waals surface area contributed by atoms with Gasteiger partial charge in [-0.2, -0.15) is 0 Å². The number of pyridine rings is 1. The minimum atomic E-state index is 0.155. The first kappa shape index (κ1) is 21.5. The van der Waals surface area contributed by atoms with Crippen molar-refractivity contribution in [3.63, 3.8) is 0 Å². The Labute approximate surface area is 165 Å². The molecule has 0 amide bonds. The van der Waals surface area contributed by atoms with Crippen LogP contribution in [0, 0.1) is 0 Å². The van der Waals surface area contributed by atoms with E-state index in [0.29, 0.717) is 0 Å². The molecule has 0 aliphatic heterocycles. The molecule has 2 nitrogen and oxygen atoms in total. The SMILES string of the molecule is CCCC/C=C/CCCCCCCCCc1cc(=O)c2ccccc2n1C. The molecule has 2 aromatic rings. The monoisotopic (exact) mass is 367 g/mol. The van der Waals surface area contributed by atoms with Gasteiger partial charge in [-0.1, -0.05) is 76.2 Å². The summed E-state index contributed by atoms with van der Waals surface area (Å²) in [6.45, 7) is 2.25. The molecule has 0 N–H and O–H groups in total. The number of fused-ring (bicyclic) bond motifs is 1. The van der Waals surface area contributed by atoms with Gasteiger partial charge in [-0.3, -0.25) is 4.79 Å². The molecular weight excluding hydrogens is 330 g/mol. The Kier molecular flexibility index (Phi) is 9.97. The molecule has 0 aliphatic rings. The number of allylic oxidation sites excluding steroid dienone is 2. The molecule has 0 saturated heterocycles. The molecule has 0 aliphatic carbocycles. The lowest BCUT2D eigenvalue weighted by molar-refractivity contribution is 0.576. The van der Waals surface area contributed by atoms with Crippen molar-refractivity contribution in [1.82, 2.24) is 4.57 Å². The average Bonchev–Trinajstić information content (AvgIpc) is 2.69. The fourth-order valence-electron chi connectivity index (χ4n) is 3.70. The summed E-state index contributed by atoms with van der Waals surface area (Å²) in [5.74, 6) is 0. The predicted molar refractivity (Wildman–Crippen MR) is 118 cm³/mol. The molecule has 1 aromatic carbocycles. The van der Waals surface area contributed by atoms with Gasteiger partial charge >= 0.3 is 0 Å². The second kappa shape index (κ2) is 12.5. The number of unbranched alkanes of at least 4 members (excludes halogenated alkanes) is 9. The largest absolute Gasteiger partial charge is 0.347 e. The average molecular weight is 368 g/mol. The number of hydrogen-bond acceptors (Lipinski definition) is 1. The van der Waals surface area contributed by atoms with Crippen LogP contribution in [0.4, 0.5) is 0 Å². The molecule has 0 saturated carbocycles. The van der Waals surface area contributed by atoms with E-state index < -0.39 is 0 Å². The summed E-state index contributed by atoms with van der Waals surface area (Å²) in [5.41, 5.74) is 2.36. The highest BCUT2D eigenvalue weighted by Crippen LogP contribution is 2.15. The molecule has 0 spiro atoms. The van der Waals surface area contributed by atoms with Crippen LogP contribution in [-0.4, -0.2) is 4.57 Å². The fraction of sp³-hybridized carbons (Fsp3) is 0.560. The van der Waals surface area contributed by atoms with Crippen LogP contribution in [0.25, 0.3) is 10.9 Å². The van der Waals surface area contributed by atoms with Gasteiger partial charge in [0.25, 0.3) is 0 Å². The number of aryl methyl sites for hydroxylation is 2. The van der Waals surface area contributed by atoms with Gasteiger partial charge in [-0.15, -0.1) is 0 Å². The Balaban J connectivity index is 1.59. The van der Waals surface area contributed by atoms with Gasteiger partial charge < -0.3 is 4.57 Å². The molecule has 0 unspecified atom stereocenters. The lowest BCUT2D eigenvalue weighted by atomic mass is 10.0. The minimum absolute atomic E-state index is 0.155. The van der Waals surface area contributed by atoms with E-state index in [0.717, 1.165) is 23.0 Å². The number of hydrogen-bond donors (Lipinski definition) is 0. The summed E-state index contributed by atoms with van der Waals surface area (Å²) >= 11 is 0. The van der Waals surface area contributed by atoms with E-state index in [9.17, 15) is 4.79 Å². The maximum absolute atomic E-state index is 12.3. The number of benzene rings is 1. The van der Waals surface area contributed by atoms with Gasteiger partial charge in [-0.25, -0.2) is 0 Å².